The first-order valence-corrected chi connectivity index (χ1v) is 6.95. The third kappa shape index (κ3) is 3.10. The predicted molar refractivity (Wildman–Crippen MR) is 73.9 cm³/mol. The van der Waals surface area contributed by atoms with Crippen LogP contribution in [0.15, 0.2) is 6.07 Å². The fraction of sp³-hybridized carbons (Fsp3) is 0.643. The van der Waals surface area contributed by atoms with Gasteiger partial charge in [0.15, 0.2) is 0 Å². The van der Waals surface area contributed by atoms with Gasteiger partial charge in [0.25, 0.3) is 5.91 Å². The molecule has 1 aliphatic carbocycles. The molecule has 0 unspecified atom stereocenters. The first-order valence-electron chi connectivity index (χ1n) is 6.95. The fourth-order valence-corrected chi connectivity index (χ4v) is 2.33. The van der Waals surface area contributed by atoms with E-state index in [0.29, 0.717) is 23.8 Å². The third-order valence-electron chi connectivity index (χ3n) is 3.71. The summed E-state index contributed by atoms with van der Waals surface area (Å²) in [6.45, 7) is 5.04. The smallest absolute Gasteiger partial charge is 0.256 e. The number of rotatable bonds is 5. The molecule has 1 aliphatic rings. The van der Waals surface area contributed by atoms with Crippen molar-refractivity contribution in [2.45, 2.75) is 45.6 Å². The van der Waals surface area contributed by atoms with Crippen molar-refractivity contribution >= 4 is 5.91 Å². The summed E-state index contributed by atoms with van der Waals surface area (Å²) in [5, 5.41) is 8.02. The Morgan fingerprint density at radius 2 is 2.16 bits per heavy atom. The summed E-state index contributed by atoms with van der Waals surface area (Å²) in [5.74, 6) is 0.0775. The van der Waals surface area contributed by atoms with Gasteiger partial charge in [-0.3, -0.25) is 4.79 Å². The summed E-state index contributed by atoms with van der Waals surface area (Å²) in [6, 6.07) is 2.21. The average Bonchev–Trinajstić information content (AvgIpc) is 2.34. The SMILES string of the molecule is Cc1cc(C(=O)N(CCCN)C2CCC2)c(C)nn1. The Balaban J connectivity index is 2.19. The molecule has 0 aliphatic heterocycles. The van der Waals surface area contributed by atoms with E-state index in [9.17, 15) is 4.79 Å². The van der Waals surface area contributed by atoms with E-state index in [4.69, 9.17) is 5.73 Å². The second kappa shape index (κ2) is 6.10. The van der Waals surface area contributed by atoms with Gasteiger partial charge in [-0.25, -0.2) is 0 Å². The highest BCUT2D eigenvalue weighted by molar-refractivity contribution is 5.95. The number of nitrogens with two attached hydrogens (primary N) is 1. The van der Waals surface area contributed by atoms with Crippen molar-refractivity contribution in [3.63, 3.8) is 0 Å². The lowest BCUT2D eigenvalue weighted by atomic mass is 9.90. The average molecular weight is 262 g/mol. The van der Waals surface area contributed by atoms with Crippen LogP contribution in [0.4, 0.5) is 0 Å². The van der Waals surface area contributed by atoms with Crippen molar-refractivity contribution in [3.05, 3.63) is 23.0 Å². The van der Waals surface area contributed by atoms with Crippen LogP contribution in [-0.4, -0.2) is 40.1 Å². The first-order chi connectivity index (χ1) is 9.13. The monoisotopic (exact) mass is 262 g/mol. The fourth-order valence-electron chi connectivity index (χ4n) is 2.33. The summed E-state index contributed by atoms with van der Waals surface area (Å²) in [4.78, 5) is 14.6. The van der Waals surface area contributed by atoms with Crippen LogP contribution >= 0.6 is 0 Å². The van der Waals surface area contributed by atoms with Crippen LogP contribution in [0, 0.1) is 13.8 Å². The Kier molecular flexibility index (Phi) is 4.47. The number of hydrogen-bond donors (Lipinski definition) is 1. The molecule has 0 atom stereocenters. The van der Waals surface area contributed by atoms with E-state index in [0.717, 1.165) is 31.5 Å². The lowest BCUT2D eigenvalue weighted by molar-refractivity contribution is 0.0577. The number of hydrogen-bond acceptors (Lipinski definition) is 4. The maximum Gasteiger partial charge on any atom is 0.256 e. The van der Waals surface area contributed by atoms with Crippen LogP contribution < -0.4 is 5.73 Å². The van der Waals surface area contributed by atoms with E-state index in [2.05, 4.69) is 10.2 Å². The highest BCUT2D eigenvalue weighted by atomic mass is 16.2. The zero-order valence-corrected chi connectivity index (χ0v) is 11.7. The van der Waals surface area contributed by atoms with Gasteiger partial charge in [0.1, 0.15) is 0 Å². The molecule has 0 spiro atoms. The van der Waals surface area contributed by atoms with Crippen LogP contribution in [0.2, 0.25) is 0 Å². The van der Waals surface area contributed by atoms with Crippen LogP contribution in [-0.2, 0) is 0 Å². The molecule has 2 rings (SSSR count). The van der Waals surface area contributed by atoms with E-state index >= 15 is 0 Å². The number of aryl methyl sites for hydroxylation is 2. The lowest BCUT2D eigenvalue weighted by Crippen LogP contribution is -2.45. The topological polar surface area (TPSA) is 72.1 Å². The zero-order valence-electron chi connectivity index (χ0n) is 11.7. The van der Waals surface area contributed by atoms with Crippen LogP contribution in [0.25, 0.3) is 0 Å². The predicted octanol–water partition coefficient (Wildman–Crippen LogP) is 1.44. The standard InChI is InChI=1S/C14H22N4O/c1-10-9-13(11(2)17-16-10)14(19)18(8-4-7-15)12-5-3-6-12/h9,12H,3-8,15H2,1-2H3. The summed E-state index contributed by atoms with van der Waals surface area (Å²) < 4.78 is 0. The Bertz CT molecular complexity index is 457. The van der Waals surface area contributed by atoms with Crippen LogP contribution in [0.5, 0.6) is 0 Å². The van der Waals surface area contributed by atoms with Crippen molar-refractivity contribution in [1.82, 2.24) is 15.1 Å². The number of nitrogens with zero attached hydrogens (tertiary/aromatic N) is 3. The quantitative estimate of drug-likeness (QED) is 0.871. The Morgan fingerprint density at radius 1 is 1.42 bits per heavy atom. The second-order valence-corrected chi connectivity index (χ2v) is 5.21. The molecule has 1 aromatic rings. The minimum absolute atomic E-state index is 0.0775. The molecule has 1 fully saturated rings. The first kappa shape index (κ1) is 13.9. The van der Waals surface area contributed by atoms with E-state index in [1.54, 1.807) is 0 Å². The number of carbonyl (C=O) groups excluding carboxylic acids is 1. The molecule has 5 heteroatoms. The van der Waals surface area contributed by atoms with Gasteiger partial charge >= 0.3 is 0 Å². The van der Waals surface area contributed by atoms with Gasteiger partial charge in [-0.05, 0) is 52.1 Å². The highest BCUT2D eigenvalue weighted by Crippen LogP contribution is 2.26. The van der Waals surface area contributed by atoms with E-state index in [1.807, 2.05) is 24.8 Å². The lowest BCUT2D eigenvalue weighted by Gasteiger charge is -2.37. The molecular formula is C14H22N4O. The molecule has 1 aromatic heterocycles. The molecule has 19 heavy (non-hydrogen) atoms. The van der Waals surface area contributed by atoms with E-state index < -0.39 is 0 Å². The Morgan fingerprint density at radius 3 is 2.74 bits per heavy atom. The molecule has 1 heterocycles. The normalized spacial score (nSPS) is 15.1. The van der Waals surface area contributed by atoms with E-state index in [1.165, 1.54) is 6.42 Å². The van der Waals surface area contributed by atoms with Gasteiger partial charge in [-0.1, -0.05) is 0 Å². The van der Waals surface area contributed by atoms with Crippen molar-refractivity contribution in [2.75, 3.05) is 13.1 Å². The minimum atomic E-state index is 0.0775. The van der Waals surface area contributed by atoms with Crippen LogP contribution in [0.3, 0.4) is 0 Å². The third-order valence-corrected chi connectivity index (χ3v) is 3.71. The molecule has 0 saturated heterocycles. The molecule has 5 nitrogen and oxygen atoms in total. The maximum absolute atomic E-state index is 12.7. The van der Waals surface area contributed by atoms with Crippen LogP contribution in [0.1, 0.15) is 47.4 Å². The van der Waals surface area contributed by atoms with Crippen molar-refractivity contribution in [1.29, 1.82) is 0 Å². The highest BCUT2D eigenvalue weighted by Gasteiger charge is 2.29. The van der Waals surface area contributed by atoms with Crippen molar-refractivity contribution in [3.8, 4) is 0 Å². The van der Waals surface area contributed by atoms with Gasteiger partial charge in [0.05, 0.1) is 17.0 Å². The Labute approximate surface area is 114 Å². The largest absolute Gasteiger partial charge is 0.336 e. The molecular weight excluding hydrogens is 240 g/mol. The molecule has 104 valence electrons. The van der Waals surface area contributed by atoms with Gasteiger partial charge in [-0.15, -0.1) is 0 Å². The van der Waals surface area contributed by atoms with Gasteiger partial charge in [0.2, 0.25) is 0 Å². The number of amides is 1. The van der Waals surface area contributed by atoms with E-state index in [-0.39, 0.29) is 5.91 Å². The number of carbonyl (C=O) groups is 1. The van der Waals surface area contributed by atoms with Crippen molar-refractivity contribution in [2.24, 2.45) is 5.73 Å². The molecule has 0 aromatic carbocycles. The van der Waals surface area contributed by atoms with Crippen molar-refractivity contribution < 1.29 is 4.79 Å². The molecule has 1 saturated carbocycles. The zero-order chi connectivity index (χ0) is 13.8. The summed E-state index contributed by atoms with van der Waals surface area (Å²) >= 11 is 0. The molecule has 0 bridgehead atoms. The molecule has 2 N–H and O–H groups in total. The summed E-state index contributed by atoms with van der Waals surface area (Å²) in [5.41, 5.74) is 7.73. The molecule has 1 amide bonds. The summed E-state index contributed by atoms with van der Waals surface area (Å²) in [7, 11) is 0. The minimum Gasteiger partial charge on any atom is -0.336 e. The van der Waals surface area contributed by atoms with Gasteiger partial charge < -0.3 is 10.6 Å². The molecule has 0 radical (unpaired) electrons. The second-order valence-electron chi connectivity index (χ2n) is 5.21. The van der Waals surface area contributed by atoms with Gasteiger partial charge in [-0.2, -0.15) is 10.2 Å². The number of aromatic nitrogens is 2. The maximum atomic E-state index is 12.7. The Hall–Kier alpha value is -1.49. The summed E-state index contributed by atoms with van der Waals surface area (Å²) in [6.07, 6.45) is 4.27. The van der Waals surface area contributed by atoms with Gasteiger partial charge in [0, 0.05) is 12.6 Å².